The zero-order valence-electron chi connectivity index (χ0n) is 13.2. The number of rotatable bonds is 5. The largest absolute Gasteiger partial charge is 0.312 e. The summed E-state index contributed by atoms with van der Waals surface area (Å²) in [6, 6.07) is 0. The molecule has 0 unspecified atom stereocenters. The summed E-state index contributed by atoms with van der Waals surface area (Å²) in [5.41, 5.74) is 3.28. The van der Waals surface area contributed by atoms with Crippen molar-refractivity contribution in [3.63, 3.8) is 0 Å². The summed E-state index contributed by atoms with van der Waals surface area (Å²) in [4.78, 5) is 0. The molecule has 0 aromatic carbocycles. The third-order valence-corrected chi connectivity index (χ3v) is 4.59. The van der Waals surface area contributed by atoms with Crippen LogP contribution in [0.5, 0.6) is 0 Å². The van der Waals surface area contributed by atoms with E-state index in [1.165, 1.54) is 36.9 Å². The molecule has 1 aromatic heterocycles. The van der Waals surface area contributed by atoms with E-state index >= 15 is 0 Å². The summed E-state index contributed by atoms with van der Waals surface area (Å²) in [5.74, 6) is 0. The molecule has 2 rings (SSSR count). The standard InChI is InChI=1S/C16H29N3/c1-6-16(8-7-9-16)12-17-10-13-11-19(5)18-14(13)15(2,3)4/h11,17H,6-10,12H2,1-5H3. The van der Waals surface area contributed by atoms with Crippen LogP contribution in [0.4, 0.5) is 0 Å². The molecule has 0 saturated heterocycles. The second-order valence-electron chi connectivity index (χ2n) is 7.24. The van der Waals surface area contributed by atoms with Crippen LogP contribution in [0.3, 0.4) is 0 Å². The van der Waals surface area contributed by atoms with Gasteiger partial charge in [0.25, 0.3) is 0 Å². The Kier molecular flexibility index (Phi) is 4.05. The van der Waals surface area contributed by atoms with E-state index in [0.717, 1.165) is 13.1 Å². The molecule has 1 N–H and O–H groups in total. The molecule has 1 aliphatic rings. The Morgan fingerprint density at radius 2 is 2.05 bits per heavy atom. The highest BCUT2D eigenvalue weighted by Gasteiger charge is 2.34. The average molecular weight is 263 g/mol. The Hall–Kier alpha value is -0.830. The Balaban J connectivity index is 1.96. The number of aromatic nitrogens is 2. The molecule has 0 atom stereocenters. The molecule has 0 bridgehead atoms. The van der Waals surface area contributed by atoms with Crippen LogP contribution < -0.4 is 5.32 Å². The van der Waals surface area contributed by atoms with Crippen molar-refractivity contribution < 1.29 is 0 Å². The zero-order chi connectivity index (χ0) is 14.1. The number of nitrogens with one attached hydrogen (secondary N) is 1. The van der Waals surface area contributed by atoms with Gasteiger partial charge in [0.05, 0.1) is 5.69 Å². The van der Waals surface area contributed by atoms with E-state index in [-0.39, 0.29) is 5.41 Å². The quantitative estimate of drug-likeness (QED) is 0.882. The fourth-order valence-electron chi connectivity index (χ4n) is 3.09. The smallest absolute Gasteiger partial charge is 0.0722 e. The first-order valence-corrected chi connectivity index (χ1v) is 7.60. The molecule has 3 heteroatoms. The Bertz CT molecular complexity index is 416. The lowest BCUT2D eigenvalue weighted by Gasteiger charge is -2.41. The molecule has 108 valence electrons. The van der Waals surface area contributed by atoms with Crippen molar-refractivity contribution in [2.75, 3.05) is 6.54 Å². The van der Waals surface area contributed by atoms with Crippen LogP contribution in [0.25, 0.3) is 0 Å². The third-order valence-electron chi connectivity index (χ3n) is 4.59. The Labute approximate surface area is 117 Å². The minimum atomic E-state index is 0.122. The summed E-state index contributed by atoms with van der Waals surface area (Å²) < 4.78 is 1.94. The number of aryl methyl sites for hydroxylation is 1. The molecule has 1 aromatic rings. The van der Waals surface area contributed by atoms with Crippen molar-refractivity contribution in [2.24, 2.45) is 12.5 Å². The van der Waals surface area contributed by atoms with Gasteiger partial charge in [0.2, 0.25) is 0 Å². The minimum Gasteiger partial charge on any atom is -0.312 e. The molecule has 1 heterocycles. The van der Waals surface area contributed by atoms with Crippen LogP contribution in [0.1, 0.15) is 64.6 Å². The first kappa shape index (κ1) is 14.6. The molecule has 0 aliphatic heterocycles. The predicted octanol–water partition coefficient (Wildman–Crippen LogP) is 3.39. The van der Waals surface area contributed by atoms with Crippen molar-refractivity contribution in [3.8, 4) is 0 Å². The van der Waals surface area contributed by atoms with Crippen LogP contribution >= 0.6 is 0 Å². The highest BCUT2D eigenvalue weighted by Crippen LogP contribution is 2.43. The van der Waals surface area contributed by atoms with Gasteiger partial charge in [-0.1, -0.05) is 34.1 Å². The fourth-order valence-corrected chi connectivity index (χ4v) is 3.09. The molecule has 1 fully saturated rings. The monoisotopic (exact) mass is 263 g/mol. The lowest BCUT2D eigenvalue weighted by Crippen LogP contribution is -2.39. The van der Waals surface area contributed by atoms with Gasteiger partial charge >= 0.3 is 0 Å². The summed E-state index contributed by atoms with van der Waals surface area (Å²) >= 11 is 0. The van der Waals surface area contributed by atoms with Gasteiger partial charge in [-0.3, -0.25) is 4.68 Å². The second-order valence-corrected chi connectivity index (χ2v) is 7.24. The summed E-state index contributed by atoms with van der Waals surface area (Å²) in [6.07, 6.45) is 7.67. The van der Waals surface area contributed by atoms with Crippen molar-refractivity contribution >= 4 is 0 Å². The van der Waals surface area contributed by atoms with Gasteiger partial charge in [-0.25, -0.2) is 0 Å². The first-order chi connectivity index (χ1) is 8.86. The average Bonchev–Trinajstić information content (AvgIpc) is 2.63. The number of hydrogen-bond donors (Lipinski definition) is 1. The van der Waals surface area contributed by atoms with E-state index in [2.05, 4.69) is 44.3 Å². The highest BCUT2D eigenvalue weighted by molar-refractivity contribution is 5.23. The highest BCUT2D eigenvalue weighted by atomic mass is 15.3. The maximum absolute atomic E-state index is 4.63. The fraction of sp³-hybridized carbons (Fsp3) is 0.812. The molecule has 1 saturated carbocycles. The van der Waals surface area contributed by atoms with E-state index in [1.807, 2.05) is 11.7 Å². The van der Waals surface area contributed by atoms with E-state index < -0.39 is 0 Å². The Morgan fingerprint density at radius 1 is 1.37 bits per heavy atom. The molecular formula is C16H29N3. The zero-order valence-corrected chi connectivity index (χ0v) is 13.2. The topological polar surface area (TPSA) is 29.9 Å². The summed E-state index contributed by atoms with van der Waals surface area (Å²) in [5, 5.41) is 8.30. The third kappa shape index (κ3) is 3.19. The van der Waals surface area contributed by atoms with Crippen LogP contribution in [-0.4, -0.2) is 16.3 Å². The molecule has 19 heavy (non-hydrogen) atoms. The molecule has 1 aliphatic carbocycles. The van der Waals surface area contributed by atoms with Gasteiger partial charge in [-0.2, -0.15) is 5.10 Å². The molecule has 0 radical (unpaired) electrons. The minimum absolute atomic E-state index is 0.122. The molecule has 0 spiro atoms. The molecule has 3 nitrogen and oxygen atoms in total. The first-order valence-electron chi connectivity index (χ1n) is 7.60. The van der Waals surface area contributed by atoms with Gasteiger partial charge in [-0.15, -0.1) is 0 Å². The van der Waals surface area contributed by atoms with E-state index in [4.69, 9.17) is 0 Å². The van der Waals surface area contributed by atoms with Crippen molar-refractivity contribution in [1.82, 2.24) is 15.1 Å². The van der Waals surface area contributed by atoms with Gasteiger partial charge in [0.15, 0.2) is 0 Å². The van der Waals surface area contributed by atoms with Gasteiger partial charge in [0, 0.05) is 37.3 Å². The predicted molar refractivity (Wildman–Crippen MR) is 80.2 cm³/mol. The van der Waals surface area contributed by atoms with Crippen molar-refractivity contribution in [1.29, 1.82) is 0 Å². The molecular weight excluding hydrogens is 234 g/mol. The lowest BCUT2D eigenvalue weighted by molar-refractivity contribution is 0.123. The van der Waals surface area contributed by atoms with Crippen LogP contribution in [0.15, 0.2) is 6.20 Å². The second kappa shape index (κ2) is 5.28. The SMILES string of the molecule is CCC1(CNCc2cn(C)nc2C(C)(C)C)CCC1. The van der Waals surface area contributed by atoms with Crippen molar-refractivity contribution in [3.05, 3.63) is 17.5 Å². The summed E-state index contributed by atoms with van der Waals surface area (Å²) in [7, 11) is 2.01. The van der Waals surface area contributed by atoms with Crippen LogP contribution in [0.2, 0.25) is 0 Å². The maximum atomic E-state index is 4.63. The van der Waals surface area contributed by atoms with Crippen molar-refractivity contribution in [2.45, 2.75) is 65.3 Å². The molecule has 0 amide bonds. The van der Waals surface area contributed by atoms with E-state index in [1.54, 1.807) is 0 Å². The number of hydrogen-bond acceptors (Lipinski definition) is 2. The summed E-state index contributed by atoms with van der Waals surface area (Å²) in [6.45, 7) is 11.1. The van der Waals surface area contributed by atoms with Crippen LogP contribution in [-0.2, 0) is 19.0 Å². The van der Waals surface area contributed by atoms with Gasteiger partial charge in [0.1, 0.15) is 0 Å². The van der Waals surface area contributed by atoms with Crippen LogP contribution in [0, 0.1) is 5.41 Å². The van der Waals surface area contributed by atoms with Gasteiger partial charge in [-0.05, 0) is 24.7 Å². The lowest BCUT2D eigenvalue weighted by atomic mass is 9.67. The van der Waals surface area contributed by atoms with Gasteiger partial charge < -0.3 is 5.32 Å². The van der Waals surface area contributed by atoms with E-state index in [0.29, 0.717) is 5.41 Å². The maximum Gasteiger partial charge on any atom is 0.0722 e. The Morgan fingerprint density at radius 3 is 2.53 bits per heavy atom. The number of nitrogens with zero attached hydrogens (tertiary/aromatic N) is 2. The normalized spacial score (nSPS) is 18.4. The van der Waals surface area contributed by atoms with E-state index in [9.17, 15) is 0 Å².